The highest BCUT2D eigenvalue weighted by molar-refractivity contribution is 5.92. The second kappa shape index (κ2) is 9.25. The number of carbonyl (C=O) groups excluding carboxylic acids is 2. The Morgan fingerprint density at radius 3 is 2.44 bits per heavy atom. The summed E-state index contributed by atoms with van der Waals surface area (Å²) in [5.74, 6) is -0.0423. The summed E-state index contributed by atoms with van der Waals surface area (Å²) in [6, 6.07) is 3.94. The van der Waals surface area contributed by atoms with Gasteiger partial charge in [-0.3, -0.25) is 4.79 Å². The molecule has 0 spiro atoms. The number of hydrogen-bond donors (Lipinski definition) is 1. The molecular formula is C18H28N4O3. The van der Waals surface area contributed by atoms with Crippen LogP contribution < -0.4 is 5.32 Å². The number of rotatable bonds is 6. The highest BCUT2D eigenvalue weighted by Gasteiger charge is 2.23. The smallest absolute Gasteiger partial charge is 0.409 e. The molecule has 0 radical (unpaired) electrons. The Hall–Kier alpha value is -2.31. The van der Waals surface area contributed by atoms with Gasteiger partial charge in [-0.25, -0.2) is 9.78 Å². The lowest BCUT2D eigenvalue weighted by Gasteiger charge is -2.32. The number of amides is 2. The van der Waals surface area contributed by atoms with Crippen molar-refractivity contribution in [1.29, 1.82) is 0 Å². The minimum Gasteiger partial charge on any atom is -0.450 e. The number of aromatic nitrogens is 1. The summed E-state index contributed by atoms with van der Waals surface area (Å²) in [5.41, 5.74) is 1.36. The molecule has 1 aliphatic rings. The molecule has 1 aromatic heterocycles. The van der Waals surface area contributed by atoms with E-state index in [9.17, 15) is 9.59 Å². The normalized spacial score (nSPS) is 14.9. The van der Waals surface area contributed by atoms with Gasteiger partial charge in [-0.05, 0) is 45.7 Å². The van der Waals surface area contributed by atoms with Crippen LogP contribution in [0.1, 0.15) is 44.1 Å². The van der Waals surface area contributed by atoms with Gasteiger partial charge < -0.3 is 19.9 Å². The van der Waals surface area contributed by atoms with Crippen LogP contribution in [0, 0.1) is 0 Å². The molecule has 0 atom stereocenters. The molecule has 138 valence electrons. The van der Waals surface area contributed by atoms with Crippen molar-refractivity contribution in [2.45, 2.75) is 39.7 Å². The molecule has 1 N–H and O–H groups in total. The first-order valence-electron chi connectivity index (χ1n) is 9.02. The predicted octanol–water partition coefficient (Wildman–Crippen LogP) is 2.60. The number of anilines is 1. The quantitative estimate of drug-likeness (QED) is 0.855. The zero-order chi connectivity index (χ0) is 18.2. The van der Waals surface area contributed by atoms with Crippen molar-refractivity contribution in [1.82, 2.24) is 14.8 Å². The Morgan fingerprint density at radius 1 is 1.24 bits per heavy atom. The second-order valence-electron chi connectivity index (χ2n) is 6.01. The first-order chi connectivity index (χ1) is 12.1. The molecule has 1 fully saturated rings. The maximum atomic E-state index is 12.3. The van der Waals surface area contributed by atoms with Crippen LogP contribution in [0.3, 0.4) is 0 Å². The van der Waals surface area contributed by atoms with Crippen LogP contribution in [-0.4, -0.2) is 65.6 Å². The first-order valence-corrected chi connectivity index (χ1v) is 9.02. The van der Waals surface area contributed by atoms with E-state index in [2.05, 4.69) is 10.3 Å². The van der Waals surface area contributed by atoms with Crippen molar-refractivity contribution in [2.24, 2.45) is 0 Å². The number of ether oxygens (including phenoxy) is 1. The number of piperidine rings is 1. The fourth-order valence-electron chi connectivity index (χ4n) is 2.94. The largest absolute Gasteiger partial charge is 0.450 e. The van der Waals surface area contributed by atoms with Crippen molar-refractivity contribution in [2.75, 3.05) is 38.1 Å². The van der Waals surface area contributed by atoms with Crippen LogP contribution >= 0.6 is 0 Å². The SMILES string of the molecule is CCOC(=O)N1CCC(Nc2ccc(C(=O)N(CC)CC)nc2)CC1. The highest BCUT2D eigenvalue weighted by atomic mass is 16.6. The summed E-state index contributed by atoms with van der Waals surface area (Å²) in [6.07, 6.45) is 3.19. The van der Waals surface area contributed by atoms with Gasteiger partial charge in [0.05, 0.1) is 18.5 Å². The number of likely N-dealkylation sites (tertiary alicyclic amines) is 1. The van der Waals surface area contributed by atoms with Crippen molar-refractivity contribution >= 4 is 17.7 Å². The van der Waals surface area contributed by atoms with Crippen molar-refractivity contribution in [3.05, 3.63) is 24.0 Å². The lowest BCUT2D eigenvalue weighted by molar-refractivity contribution is 0.0767. The molecular weight excluding hydrogens is 320 g/mol. The van der Waals surface area contributed by atoms with E-state index in [0.29, 0.717) is 38.5 Å². The van der Waals surface area contributed by atoms with E-state index < -0.39 is 0 Å². The van der Waals surface area contributed by atoms with E-state index in [0.717, 1.165) is 18.5 Å². The van der Waals surface area contributed by atoms with Crippen molar-refractivity contribution < 1.29 is 14.3 Å². The Kier molecular flexibility index (Phi) is 7.03. The number of carbonyl (C=O) groups is 2. The van der Waals surface area contributed by atoms with Crippen LogP contribution in [0.5, 0.6) is 0 Å². The van der Waals surface area contributed by atoms with Gasteiger partial charge in [-0.15, -0.1) is 0 Å². The molecule has 2 heterocycles. The molecule has 25 heavy (non-hydrogen) atoms. The average Bonchev–Trinajstić information content (AvgIpc) is 2.64. The Morgan fingerprint density at radius 2 is 1.92 bits per heavy atom. The van der Waals surface area contributed by atoms with Gasteiger partial charge in [-0.1, -0.05) is 0 Å². The maximum Gasteiger partial charge on any atom is 0.409 e. The maximum absolute atomic E-state index is 12.3. The van der Waals surface area contributed by atoms with Crippen LogP contribution in [0.15, 0.2) is 18.3 Å². The van der Waals surface area contributed by atoms with Gasteiger partial charge in [0.25, 0.3) is 5.91 Å². The van der Waals surface area contributed by atoms with E-state index >= 15 is 0 Å². The number of nitrogens with zero attached hydrogens (tertiary/aromatic N) is 3. The third-order valence-electron chi connectivity index (χ3n) is 4.43. The molecule has 1 saturated heterocycles. The van der Waals surface area contributed by atoms with Crippen LogP contribution in [-0.2, 0) is 4.74 Å². The zero-order valence-corrected chi connectivity index (χ0v) is 15.3. The van der Waals surface area contributed by atoms with Crippen LogP contribution in [0.25, 0.3) is 0 Å². The van der Waals surface area contributed by atoms with E-state index in [1.807, 2.05) is 26.8 Å². The van der Waals surface area contributed by atoms with Crippen molar-refractivity contribution in [3.63, 3.8) is 0 Å². The molecule has 2 amide bonds. The number of nitrogens with one attached hydrogen (secondary N) is 1. The fraction of sp³-hybridized carbons (Fsp3) is 0.611. The molecule has 7 nitrogen and oxygen atoms in total. The van der Waals surface area contributed by atoms with Gasteiger partial charge in [0.15, 0.2) is 0 Å². The lowest BCUT2D eigenvalue weighted by Crippen LogP contribution is -2.42. The topological polar surface area (TPSA) is 74.8 Å². The molecule has 0 aromatic carbocycles. The van der Waals surface area contributed by atoms with E-state index in [-0.39, 0.29) is 18.0 Å². The van der Waals surface area contributed by atoms with Gasteiger partial charge in [0, 0.05) is 32.2 Å². The average molecular weight is 348 g/mol. The molecule has 0 bridgehead atoms. The highest BCUT2D eigenvalue weighted by Crippen LogP contribution is 2.17. The minimum atomic E-state index is -0.234. The third-order valence-corrected chi connectivity index (χ3v) is 4.43. The summed E-state index contributed by atoms with van der Waals surface area (Å²) in [4.78, 5) is 31.7. The molecule has 1 aromatic rings. The molecule has 7 heteroatoms. The predicted molar refractivity (Wildman–Crippen MR) is 96.7 cm³/mol. The van der Waals surface area contributed by atoms with Gasteiger partial charge in [0.2, 0.25) is 0 Å². The Labute approximate surface area is 149 Å². The summed E-state index contributed by atoms with van der Waals surface area (Å²) in [7, 11) is 0. The monoisotopic (exact) mass is 348 g/mol. The lowest BCUT2D eigenvalue weighted by atomic mass is 10.1. The van der Waals surface area contributed by atoms with E-state index in [1.54, 1.807) is 22.1 Å². The Balaban J connectivity index is 1.86. The summed E-state index contributed by atoms with van der Waals surface area (Å²) < 4.78 is 5.03. The zero-order valence-electron chi connectivity index (χ0n) is 15.3. The molecule has 2 rings (SSSR count). The third kappa shape index (κ3) is 5.08. The molecule has 0 aliphatic carbocycles. The fourth-order valence-corrected chi connectivity index (χ4v) is 2.94. The van der Waals surface area contributed by atoms with Crippen LogP contribution in [0.4, 0.5) is 10.5 Å². The molecule has 1 aliphatic heterocycles. The molecule has 0 unspecified atom stereocenters. The molecule has 0 saturated carbocycles. The van der Waals surface area contributed by atoms with Crippen molar-refractivity contribution in [3.8, 4) is 0 Å². The summed E-state index contributed by atoms with van der Waals surface area (Å²) in [5, 5.41) is 3.43. The van der Waals surface area contributed by atoms with Gasteiger partial charge >= 0.3 is 6.09 Å². The number of hydrogen-bond acceptors (Lipinski definition) is 5. The Bertz CT molecular complexity index is 564. The standard InChI is InChI=1S/C18H28N4O3/c1-4-21(5-2)17(23)16-8-7-15(13-19-16)20-14-9-11-22(12-10-14)18(24)25-6-3/h7-8,13-14,20H,4-6,9-12H2,1-3H3. The number of pyridine rings is 1. The van der Waals surface area contributed by atoms with Crippen LogP contribution in [0.2, 0.25) is 0 Å². The summed E-state index contributed by atoms with van der Waals surface area (Å²) in [6.45, 7) is 8.85. The van der Waals surface area contributed by atoms with E-state index in [1.165, 1.54) is 0 Å². The van der Waals surface area contributed by atoms with Gasteiger partial charge in [-0.2, -0.15) is 0 Å². The first kappa shape index (κ1) is 19.0. The van der Waals surface area contributed by atoms with Gasteiger partial charge in [0.1, 0.15) is 5.69 Å². The van der Waals surface area contributed by atoms with E-state index in [4.69, 9.17) is 4.74 Å². The second-order valence-corrected chi connectivity index (χ2v) is 6.01. The summed E-state index contributed by atoms with van der Waals surface area (Å²) >= 11 is 0. The minimum absolute atomic E-state index is 0.0423.